The molecule has 1 heteroatoms. The van der Waals surface area contributed by atoms with Gasteiger partial charge in [0.25, 0.3) is 0 Å². The Labute approximate surface area is 82.3 Å². The molecule has 0 spiro atoms. The highest BCUT2D eigenvalue weighted by atomic mass is 14.8. The Hall–Kier alpha value is -0.850. The third kappa shape index (κ3) is 4.66. The summed E-state index contributed by atoms with van der Waals surface area (Å²) in [5, 5.41) is 0. The fourth-order valence-corrected chi connectivity index (χ4v) is 0.812. The van der Waals surface area contributed by atoms with Crippen molar-refractivity contribution in [2.24, 2.45) is 16.8 Å². The lowest BCUT2D eigenvalue weighted by atomic mass is 10.1. The molecule has 0 heterocycles. The normalized spacial score (nSPS) is 14.1. The fraction of sp³-hybridized carbons (Fsp3) is 0.583. The highest BCUT2D eigenvalue weighted by Crippen LogP contribution is 2.13. The number of hydrogen-bond acceptors (Lipinski definition) is 1. The van der Waals surface area contributed by atoms with Crippen LogP contribution in [0.1, 0.15) is 34.6 Å². The molecule has 0 atom stereocenters. The van der Waals surface area contributed by atoms with E-state index in [4.69, 9.17) is 0 Å². The van der Waals surface area contributed by atoms with Gasteiger partial charge in [0.15, 0.2) is 0 Å². The van der Waals surface area contributed by atoms with Crippen LogP contribution in [0, 0.1) is 11.8 Å². The summed E-state index contributed by atoms with van der Waals surface area (Å²) in [6.07, 6.45) is 3.78. The van der Waals surface area contributed by atoms with Gasteiger partial charge in [0.2, 0.25) is 0 Å². The van der Waals surface area contributed by atoms with Crippen molar-refractivity contribution in [1.82, 2.24) is 0 Å². The molecule has 0 saturated carbocycles. The van der Waals surface area contributed by atoms with Crippen molar-refractivity contribution >= 4 is 5.71 Å². The summed E-state index contributed by atoms with van der Waals surface area (Å²) in [5.74, 6) is 0.985. The first-order valence-electron chi connectivity index (χ1n) is 4.86. The molecule has 0 aliphatic carbocycles. The van der Waals surface area contributed by atoms with Crippen molar-refractivity contribution < 1.29 is 0 Å². The van der Waals surface area contributed by atoms with Crippen LogP contribution in [0.5, 0.6) is 0 Å². The number of allylic oxidation sites excluding steroid dienone is 3. The van der Waals surface area contributed by atoms with Crippen molar-refractivity contribution in [2.45, 2.75) is 34.6 Å². The molecule has 0 unspecified atom stereocenters. The van der Waals surface area contributed by atoms with Crippen LogP contribution in [0.4, 0.5) is 0 Å². The zero-order valence-corrected chi connectivity index (χ0v) is 9.46. The zero-order chi connectivity index (χ0) is 10.4. The van der Waals surface area contributed by atoms with Crippen LogP contribution < -0.4 is 0 Å². The van der Waals surface area contributed by atoms with Crippen LogP contribution in [-0.2, 0) is 0 Å². The molecular formula is C12H21N. The van der Waals surface area contributed by atoms with E-state index in [0.717, 1.165) is 5.70 Å². The smallest absolute Gasteiger partial charge is 0.0428 e. The van der Waals surface area contributed by atoms with E-state index in [-0.39, 0.29) is 0 Å². The molecule has 0 aliphatic rings. The molecule has 13 heavy (non-hydrogen) atoms. The summed E-state index contributed by atoms with van der Waals surface area (Å²) in [5.41, 5.74) is 2.29. The Morgan fingerprint density at radius 2 is 1.69 bits per heavy atom. The van der Waals surface area contributed by atoms with Gasteiger partial charge in [-0.25, -0.2) is 0 Å². The number of aliphatic imine (C=N–C) groups is 1. The summed E-state index contributed by atoms with van der Waals surface area (Å²) in [4.78, 5) is 4.57. The Kier molecular flexibility index (Phi) is 5.36. The summed E-state index contributed by atoms with van der Waals surface area (Å²) < 4.78 is 0. The lowest BCUT2D eigenvalue weighted by Crippen LogP contribution is -2.04. The SMILES string of the molecule is C=C/C=C(\N=C(/C)C(C)C)C(C)C. The number of nitrogens with zero attached hydrogens (tertiary/aromatic N) is 1. The van der Waals surface area contributed by atoms with Gasteiger partial charge in [-0.2, -0.15) is 0 Å². The van der Waals surface area contributed by atoms with Crippen LogP contribution in [0.3, 0.4) is 0 Å². The second kappa shape index (κ2) is 5.74. The molecule has 1 nitrogen and oxygen atoms in total. The molecule has 0 aromatic rings. The summed E-state index contributed by atoms with van der Waals surface area (Å²) in [6.45, 7) is 14.4. The maximum Gasteiger partial charge on any atom is 0.0428 e. The Morgan fingerprint density at radius 1 is 1.15 bits per heavy atom. The van der Waals surface area contributed by atoms with Crippen molar-refractivity contribution in [1.29, 1.82) is 0 Å². The van der Waals surface area contributed by atoms with Gasteiger partial charge in [-0.15, -0.1) is 0 Å². The lowest BCUT2D eigenvalue weighted by Gasteiger charge is -2.09. The molecule has 0 aromatic carbocycles. The predicted molar refractivity (Wildman–Crippen MR) is 61.1 cm³/mol. The van der Waals surface area contributed by atoms with Gasteiger partial charge in [0, 0.05) is 11.4 Å². The van der Waals surface area contributed by atoms with E-state index in [9.17, 15) is 0 Å². The van der Waals surface area contributed by atoms with Gasteiger partial charge in [0.1, 0.15) is 0 Å². The van der Waals surface area contributed by atoms with Crippen LogP contribution in [0.15, 0.2) is 29.4 Å². The maximum atomic E-state index is 4.57. The Morgan fingerprint density at radius 3 is 2.00 bits per heavy atom. The van der Waals surface area contributed by atoms with Crippen molar-refractivity contribution in [3.05, 3.63) is 24.4 Å². The standard InChI is InChI=1S/C12H21N/c1-7-8-12(10(4)5)13-11(6)9(2)3/h7-10H,1H2,2-6H3/b12-8-,13-11+. The predicted octanol–water partition coefficient (Wildman–Crippen LogP) is 3.83. The van der Waals surface area contributed by atoms with Crippen LogP contribution in [0.2, 0.25) is 0 Å². The van der Waals surface area contributed by atoms with Gasteiger partial charge in [-0.1, -0.05) is 40.3 Å². The molecule has 0 bridgehead atoms. The van der Waals surface area contributed by atoms with Crippen LogP contribution >= 0.6 is 0 Å². The zero-order valence-electron chi connectivity index (χ0n) is 9.46. The molecule has 0 N–H and O–H groups in total. The summed E-state index contributed by atoms with van der Waals surface area (Å²) in [7, 11) is 0. The topological polar surface area (TPSA) is 12.4 Å². The van der Waals surface area contributed by atoms with E-state index < -0.39 is 0 Å². The fourth-order valence-electron chi connectivity index (χ4n) is 0.812. The van der Waals surface area contributed by atoms with E-state index in [1.165, 1.54) is 5.71 Å². The summed E-state index contributed by atoms with van der Waals surface area (Å²) in [6, 6.07) is 0. The van der Waals surface area contributed by atoms with E-state index >= 15 is 0 Å². The quantitative estimate of drug-likeness (QED) is 0.459. The second-order valence-electron chi connectivity index (χ2n) is 3.89. The Bertz CT molecular complexity index is 219. The van der Waals surface area contributed by atoms with E-state index in [2.05, 4.69) is 46.2 Å². The molecule has 0 saturated heterocycles. The molecule has 0 amide bonds. The molecule has 0 aliphatic heterocycles. The monoisotopic (exact) mass is 179 g/mol. The highest BCUT2D eigenvalue weighted by Gasteiger charge is 2.03. The maximum absolute atomic E-state index is 4.57. The average Bonchev–Trinajstić information content (AvgIpc) is 2.03. The van der Waals surface area contributed by atoms with Gasteiger partial charge in [-0.05, 0) is 24.8 Å². The molecular weight excluding hydrogens is 158 g/mol. The first-order valence-corrected chi connectivity index (χ1v) is 4.86. The van der Waals surface area contributed by atoms with E-state index in [1.807, 2.05) is 6.08 Å². The van der Waals surface area contributed by atoms with Gasteiger partial charge >= 0.3 is 0 Å². The highest BCUT2D eigenvalue weighted by molar-refractivity contribution is 5.84. The molecule has 0 rings (SSSR count). The largest absolute Gasteiger partial charge is 0.262 e. The van der Waals surface area contributed by atoms with Crippen LogP contribution in [-0.4, -0.2) is 5.71 Å². The van der Waals surface area contributed by atoms with Crippen LogP contribution in [0.25, 0.3) is 0 Å². The van der Waals surface area contributed by atoms with Gasteiger partial charge in [-0.3, -0.25) is 4.99 Å². The third-order valence-electron chi connectivity index (χ3n) is 2.02. The second-order valence-corrected chi connectivity index (χ2v) is 3.89. The number of hydrogen-bond donors (Lipinski definition) is 0. The van der Waals surface area contributed by atoms with E-state index in [1.54, 1.807) is 6.08 Å². The summed E-state index contributed by atoms with van der Waals surface area (Å²) >= 11 is 0. The molecule has 0 radical (unpaired) electrons. The molecule has 0 fully saturated rings. The Balaban J connectivity index is 4.70. The van der Waals surface area contributed by atoms with E-state index in [0.29, 0.717) is 11.8 Å². The first-order chi connectivity index (χ1) is 5.99. The first kappa shape index (κ1) is 12.2. The molecule has 74 valence electrons. The minimum absolute atomic E-state index is 0.465. The minimum Gasteiger partial charge on any atom is -0.262 e. The van der Waals surface area contributed by atoms with Gasteiger partial charge in [0.05, 0.1) is 0 Å². The minimum atomic E-state index is 0.465. The average molecular weight is 179 g/mol. The van der Waals surface area contributed by atoms with Crippen molar-refractivity contribution in [3.8, 4) is 0 Å². The van der Waals surface area contributed by atoms with Crippen molar-refractivity contribution in [3.63, 3.8) is 0 Å². The lowest BCUT2D eigenvalue weighted by molar-refractivity contribution is 0.751. The van der Waals surface area contributed by atoms with Crippen molar-refractivity contribution in [2.75, 3.05) is 0 Å². The number of rotatable bonds is 4. The van der Waals surface area contributed by atoms with Gasteiger partial charge < -0.3 is 0 Å². The molecule has 0 aromatic heterocycles. The third-order valence-corrected chi connectivity index (χ3v) is 2.02.